The topological polar surface area (TPSA) is 108 Å². The normalized spacial score (nSPS) is 13.4. The van der Waals surface area contributed by atoms with Crippen molar-refractivity contribution in [1.82, 2.24) is 5.32 Å². The Labute approximate surface area is 122 Å². The minimum absolute atomic E-state index is 0.0136. The van der Waals surface area contributed by atoms with Crippen molar-refractivity contribution in [3.05, 3.63) is 24.3 Å². The Hall–Kier alpha value is -2.28. The second-order valence-corrected chi connectivity index (χ2v) is 5.08. The number of hydrogen-bond acceptors (Lipinski definition) is 4. The quantitative estimate of drug-likeness (QED) is 0.635. The highest BCUT2D eigenvalue weighted by molar-refractivity contribution is 5.90. The number of amides is 2. The molecule has 0 aliphatic rings. The lowest BCUT2D eigenvalue weighted by molar-refractivity contribution is -0.155. The van der Waals surface area contributed by atoms with Crippen LogP contribution in [0.2, 0.25) is 0 Å². The van der Waals surface area contributed by atoms with Crippen molar-refractivity contribution in [3.8, 4) is 5.75 Å². The SMILES string of the molecule is CC(C)Oc1cccc(NC(=O)NCC(C)(O)C(=O)O)c1. The van der Waals surface area contributed by atoms with E-state index in [1.165, 1.54) is 0 Å². The molecular formula is C14H20N2O5. The summed E-state index contributed by atoms with van der Waals surface area (Å²) in [6.07, 6.45) is 0.0136. The largest absolute Gasteiger partial charge is 0.491 e. The van der Waals surface area contributed by atoms with E-state index in [0.29, 0.717) is 11.4 Å². The zero-order valence-corrected chi connectivity index (χ0v) is 12.2. The molecule has 0 fully saturated rings. The van der Waals surface area contributed by atoms with Crippen LogP contribution in [0.1, 0.15) is 20.8 Å². The molecule has 1 aromatic carbocycles. The number of aliphatic hydroxyl groups is 1. The Morgan fingerprint density at radius 1 is 1.38 bits per heavy atom. The Morgan fingerprint density at radius 2 is 2.05 bits per heavy atom. The zero-order valence-electron chi connectivity index (χ0n) is 12.2. The van der Waals surface area contributed by atoms with E-state index in [4.69, 9.17) is 9.84 Å². The monoisotopic (exact) mass is 296 g/mol. The van der Waals surface area contributed by atoms with Crippen molar-refractivity contribution >= 4 is 17.7 Å². The van der Waals surface area contributed by atoms with Gasteiger partial charge in [-0.15, -0.1) is 0 Å². The van der Waals surface area contributed by atoms with E-state index < -0.39 is 24.1 Å². The lowest BCUT2D eigenvalue weighted by Gasteiger charge is -2.18. The maximum atomic E-state index is 11.6. The van der Waals surface area contributed by atoms with E-state index >= 15 is 0 Å². The molecule has 0 saturated carbocycles. The first-order valence-electron chi connectivity index (χ1n) is 6.48. The molecule has 7 nitrogen and oxygen atoms in total. The molecule has 0 spiro atoms. The number of carbonyl (C=O) groups excluding carboxylic acids is 1. The highest BCUT2D eigenvalue weighted by Crippen LogP contribution is 2.18. The van der Waals surface area contributed by atoms with E-state index in [1.54, 1.807) is 24.3 Å². The summed E-state index contributed by atoms with van der Waals surface area (Å²) < 4.78 is 5.49. The molecule has 0 radical (unpaired) electrons. The van der Waals surface area contributed by atoms with Gasteiger partial charge in [0.05, 0.1) is 12.6 Å². The summed E-state index contributed by atoms with van der Waals surface area (Å²) in [6, 6.07) is 6.19. The van der Waals surface area contributed by atoms with E-state index in [9.17, 15) is 14.7 Å². The number of nitrogens with one attached hydrogen (secondary N) is 2. The predicted octanol–water partition coefficient (Wildman–Crippen LogP) is 1.43. The third-order valence-electron chi connectivity index (χ3n) is 2.52. The molecule has 0 saturated heterocycles. The highest BCUT2D eigenvalue weighted by Gasteiger charge is 2.30. The maximum absolute atomic E-state index is 11.6. The number of benzene rings is 1. The van der Waals surface area contributed by atoms with Crippen molar-refractivity contribution in [2.75, 3.05) is 11.9 Å². The van der Waals surface area contributed by atoms with Gasteiger partial charge in [0, 0.05) is 11.8 Å². The Kier molecular flexibility index (Phi) is 5.54. The van der Waals surface area contributed by atoms with Crippen LogP contribution in [0.3, 0.4) is 0 Å². The average molecular weight is 296 g/mol. The molecule has 116 valence electrons. The lowest BCUT2D eigenvalue weighted by atomic mass is 10.1. The molecule has 21 heavy (non-hydrogen) atoms. The van der Waals surface area contributed by atoms with Gasteiger partial charge >= 0.3 is 12.0 Å². The summed E-state index contributed by atoms with van der Waals surface area (Å²) in [5.41, 5.74) is -1.51. The Balaban J connectivity index is 2.57. The minimum atomic E-state index is -2.01. The third-order valence-corrected chi connectivity index (χ3v) is 2.52. The van der Waals surface area contributed by atoms with Gasteiger partial charge in [0.2, 0.25) is 0 Å². The molecule has 0 aliphatic carbocycles. The first kappa shape index (κ1) is 16.8. The third kappa shape index (κ3) is 5.70. The fraction of sp³-hybridized carbons (Fsp3) is 0.429. The number of carboxylic acids is 1. The van der Waals surface area contributed by atoms with Gasteiger partial charge in [-0.25, -0.2) is 9.59 Å². The van der Waals surface area contributed by atoms with Crippen LogP contribution in [0.15, 0.2) is 24.3 Å². The second-order valence-electron chi connectivity index (χ2n) is 5.08. The van der Waals surface area contributed by atoms with Crippen LogP contribution < -0.4 is 15.4 Å². The summed E-state index contributed by atoms with van der Waals surface area (Å²) in [6.45, 7) is 4.48. The van der Waals surface area contributed by atoms with Gasteiger partial charge in [-0.3, -0.25) is 0 Å². The molecule has 1 atom stereocenters. The van der Waals surface area contributed by atoms with E-state index in [2.05, 4.69) is 10.6 Å². The molecule has 0 heterocycles. The van der Waals surface area contributed by atoms with Gasteiger partial charge in [-0.2, -0.15) is 0 Å². The van der Waals surface area contributed by atoms with Crippen molar-refractivity contribution in [3.63, 3.8) is 0 Å². The standard InChI is InChI=1S/C14H20N2O5/c1-9(2)21-11-6-4-5-10(7-11)16-13(19)15-8-14(3,20)12(17)18/h4-7,9,20H,8H2,1-3H3,(H,17,18)(H2,15,16,19). The smallest absolute Gasteiger partial charge is 0.337 e. The van der Waals surface area contributed by atoms with Crippen molar-refractivity contribution in [2.24, 2.45) is 0 Å². The van der Waals surface area contributed by atoms with Gasteiger partial charge in [0.25, 0.3) is 0 Å². The molecule has 1 aromatic rings. The summed E-state index contributed by atoms with van der Waals surface area (Å²) in [4.78, 5) is 22.3. The van der Waals surface area contributed by atoms with Gasteiger partial charge in [-0.1, -0.05) is 6.07 Å². The van der Waals surface area contributed by atoms with Crippen LogP contribution in [-0.4, -0.2) is 40.5 Å². The van der Waals surface area contributed by atoms with E-state index in [0.717, 1.165) is 6.92 Å². The van der Waals surface area contributed by atoms with Gasteiger partial charge in [0.1, 0.15) is 5.75 Å². The van der Waals surface area contributed by atoms with Crippen molar-refractivity contribution in [2.45, 2.75) is 32.5 Å². The summed E-state index contributed by atoms with van der Waals surface area (Å²) >= 11 is 0. The van der Waals surface area contributed by atoms with Crippen LogP contribution in [0.25, 0.3) is 0 Å². The Morgan fingerprint density at radius 3 is 2.62 bits per heavy atom. The first-order valence-corrected chi connectivity index (χ1v) is 6.48. The molecule has 0 aliphatic heterocycles. The van der Waals surface area contributed by atoms with Crippen molar-refractivity contribution < 1.29 is 24.5 Å². The molecule has 2 amide bonds. The molecule has 0 aromatic heterocycles. The Bertz CT molecular complexity index is 514. The summed E-state index contributed by atoms with van der Waals surface area (Å²) in [7, 11) is 0. The fourth-order valence-corrected chi connectivity index (χ4v) is 1.42. The number of carbonyl (C=O) groups is 2. The molecule has 7 heteroatoms. The maximum Gasteiger partial charge on any atom is 0.337 e. The summed E-state index contributed by atoms with van der Waals surface area (Å²) in [5.74, 6) is -0.796. The van der Waals surface area contributed by atoms with E-state index in [-0.39, 0.29) is 6.10 Å². The van der Waals surface area contributed by atoms with Gasteiger partial charge in [0.15, 0.2) is 5.60 Å². The van der Waals surface area contributed by atoms with E-state index in [1.807, 2.05) is 13.8 Å². The molecule has 0 bridgehead atoms. The molecule has 1 rings (SSSR count). The number of ether oxygens (including phenoxy) is 1. The average Bonchev–Trinajstić information content (AvgIpc) is 2.36. The van der Waals surface area contributed by atoms with Gasteiger partial charge < -0.3 is 25.6 Å². The summed E-state index contributed by atoms with van der Waals surface area (Å²) in [5, 5.41) is 23.0. The highest BCUT2D eigenvalue weighted by atomic mass is 16.5. The van der Waals surface area contributed by atoms with Crippen LogP contribution in [0.4, 0.5) is 10.5 Å². The number of hydrogen-bond donors (Lipinski definition) is 4. The van der Waals surface area contributed by atoms with Crippen LogP contribution in [0.5, 0.6) is 5.75 Å². The first-order chi connectivity index (χ1) is 9.70. The molecule has 4 N–H and O–H groups in total. The number of anilines is 1. The van der Waals surface area contributed by atoms with Crippen LogP contribution >= 0.6 is 0 Å². The predicted molar refractivity (Wildman–Crippen MR) is 77.5 cm³/mol. The zero-order chi connectivity index (χ0) is 16.0. The lowest BCUT2D eigenvalue weighted by Crippen LogP contribution is -2.47. The number of carboxylic acid groups (broad SMARTS) is 1. The van der Waals surface area contributed by atoms with Crippen molar-refractivity contribution in [1.29, 1.82) is 0 Å². The molecular weight excluding hydrogens is 276 g/mol. The minimum Gasteiger partial charge on any atom is -0.491 e. The van der Waals surface area contributed by atoms with Gasteiger partial charge in [-0.05, 0) is 32.9 Å². The number of aliphatic carboxylic acids is 1. The number of urea groups is 1. The second kappa shape index (κ2) is 6.94. The number of rotatable bonds is 6. The van der Waals surface area contributed by atoms with Crippen LogP contribution in [-0.2, 0) is 4.79 Å². The molecule has 1 unspecified atom stereocenters. The van der Waals surface area contributed by atoms with Crippen LogP contribution in [0, 0.1) is 0 Å². The fourth-order valence-electron chi connectivity index (χ4n) is 1.42.